The van der Waals surface area contributed by atoms with Crippen molar-refractivity contribution in [2.45, 2.75) is 6.61 Å². The number of nitrogens with one attached hydrogen (secondary N) is 1. The number of rotatable bonds is 8. The van der Waals surface area contributed by atoms with Crippen LogP contribution in [0.5, 0.6) is 11.5 Å². The fraction of sp³-hybridized carbons (Fsp3) is 0.0870. The van der Waals surface area contributed by atoms with E-state index in [0.717, 1.165) is 0 Å². The number of aromatic carboxylic acids is 1. The van der Waals surface area contributed by atoms with E-state index in [4.69, 9.17) is 37.8 Å². The summed E-state index contributed by atoms with van der Waals surface area (Å²) in [6.07, 6.45) is 1.45. The minimum absolute atomic E-state index is 0.0938. The molecule has 0 atom stereocenters. The van der Waals surface area contributed by atoms with Gasteiger partial charge in [-0.2, -0.15) is 5.10 Å². The second-order valence-electron chi connectivity index (χ2n) is 6.48. The molecule has 0 aliphatic heterocycles. The summed E-state index contributed by atoms with van der Waals surface area (Å²) in [6, 6.07) is 15.9. The fourth-order valence-corrected chi connectivity index (χ4v) is 3.20. The van der Waals surface area contributed by atoms with Crippen LogP contribution >= 0.6 is 23.2 Å². The van der Waals surface area contributed by atoms with Gasteiger partial charge in [-0.3, -0.25) is 4.79 Å². The molecule has 9 heteroatoms. The van der Waals surface area contributed by atoms with Crippen LogP contribution in [0.15, 0.2) is 65.8 Å². The molecule has 1 amide bonds. The number of carboxylic acid groups (broad SMARTS) is 1. The second kappa shape index (κ2) is 10.7. The number of benzene rings is 3. The molecule has 0 unspecified atom stereocenters. The molecule has 0 saturated carbocycles. The molecule has 3 aromatic rings. The van der Waals surface area contributed by atoms with E-state index in [1.165, 1.54) is 37.6 Å². The normalized spacial score (nSPS) is 10.7. The Morgan fingerprint density at radius 3 is 2.28 bits per heavy atom. The highest BCUT2D eigenvalue weighted by molar-refractivity contribution is 6.35. The number of halogens is 2. The summed E-state index contributed by atoms with van der Waals surface area (Å²) in [5.41, 5.74) is 4.09. The Bertz CT molecular complexity index is 1140. The SMILES string of the molecule is COc1cc(/C=N/NC(=O)c2ccc(C(=O)O)cc2)ccc1OCc1c(Cl)cccc1Cl. The van der Waals surface area contributed by atoms with E-state index in [-0.39, 0.29) is 17.7 Å². The van der Waals surface area contributed by atoms with Gasteiger partial charge in [0.2, 0.25) is 0 Å². The Labute approximate surface area is 194 Å². The summed E-state index contributed by atoms with van der Waals surface area (Å²) in [5, 5.41) is 13.8. The number of ether oxygens (including phenoxy) is 2. The van der Waals surface area contributed by atoms with Crippen LogP contribution in [0.25, 0.3) is 0 Å². The van der Waals surface area contributed by atoms with E-state index in [2.05, 4.69) is 10.5 Å². The topological polar surface area (TPSA) is 97.2 Å². The van der Waals surface area contributed by atoms with Gasteiger partial charge in [0.25, 0.3) is 5.91 Å². The number of carbonyl (C=O) groups is 2. The number of hydrogen-bond donors (Lipinski definition) is 2. The van der Waals surface area contributed by atoms with Gasteiger partial charge >= 0.3 is 5.97 Å². The van der Waals surface area contributed by atoms with Gasteiger partial charge in [0.15, 0.2) is 11.5 Å². The molecule has 3 rings (SSSR count). The molecule has 164 valence electrons. The fourth-order valence-electron chi connectivity index (χ4n) is 2.70. The molecule has 0 radical (unpaired) electrons. The van der Waals surface area contributed by atoms with Crippen molar-refractivity contribution in [3.63, 3.8) is 0 Å². The molecule has 0 heterocycles. The molecule has 2 N–H and O–H groups in total. The summed E-state index contributed by atoms with van der Waals surface area (Å²) < 4.78 is 11.2. The lowest BCUT2D eigenvalue weighted by Gasteiger charge is -2.13. The van der Waals surface area contributed by atoms with Crippen LogP contribution in [0.1, 0.15) is 31.8 Å². The van der Waals surface area contributed by atoms with E-state index in [9.17, 15) is 9.59 Å². The van der Waals surface area contributed by atoms with Crippen molar-refractivity contribution in [3.8, 4) is 11.5 Å². The Hall–Kier alpha value is -3.55. The third-order valence-corrected chi connectivity index (χ3v) is 5.10. The maximum absolute atomic E-state index is 12.1. The van der Waals surface area contributed by atoms with Gasteiger partial charge in [-0.1, -0.05) is 29.3 Å². The minimum atomic E-state index is -1.06. The maximum Gasteiger partial charge on any atom is 0.335 e. The van der Waals surface area contributed by atoms with Crippen molar-refractivity contribution in [3.05, 3.63) is 93.0 Å². The molecule has 0 saturated heterocycles. The Morgan fingerprint density at radius 2 is 1.66 bits per heavy atom. The zero-order valence-electron chi connectivity index (χ0n) is 16.8. The number of carbonyl (C=O) groups excluding carboxylic acids is 1. The molecule has 32 heavy (non-hydrogen) atoms. The molecule has 7 nitrogen and oxygen atoms in total. The van der Waals surface area contributed by atoms with Crippen molar-refractivity contribution in [2.24, 2.45) is 5.10 Å². The van der Waals surface area contributed by atoms with Crippen molar-refractivity contribution in [2.75, 3.05) is 7.11 Å². The number of nitrogens with zero attached hydrogens (tertiary/aromatic N) is 1. The number of methoxy groups -OCH3 is 1. The molecular formula is C23H18Cl2N2O5. The van der Waals surface area contributed by atoms with Gasteiger partial charge in [0.05, 0.1) is 18.9 Å². The quantitative estimate of drug-likeness (QED) is 0.353. The Morgan fingerprint density at radius 1 is 1.00 bits per heavy atom. The zero-order valence-corrected chi connectivity index (χ0v) is 18.4. The van der Waals surface area contributed by atoms with Gasteiger partial charge in [0, 0.05) is 21.2 Å². The number of hydrogen-bond acceptors (Lipinski definition) is 5. The first-order valence-corrected chi connectivity index (χ1v) is 10.0. The second-order valence-corrected chi connectivity index (χ2v) is 7.30. The van der Waals surface area contributed by atoms with Crippen LogP contribution in [0.3, 0.4) is 0 Å². The van der Waals surface area contributed by atoms with Gasteiger partial charge in [0.1, 0.15) is 6.61 Å². The van der Waals surface area contributed by atoms with Crippen LogP contribution in [0.2, 0.25) is 10.0 Å². The summed E-state index contributed by atoms with van der Waals surface area (Å²) >= 11 is 12.3. The van der Waals surface area contributed by atoms with Gasteiger partial charge in [-0.25, -0.2) is 10.2 Å². The third kappa shape index (κ3) is 5.78. The predicted molar refractivity (Wildman–Crippen MR) is 122 cm³/mol. The highest BCUT2D eigenvalue weighted by Crippen LogP contribution is 2.31. The van der Waals surface area contributed by atoms with Crippen LogP contribution in [-0.2, 0) is 6.61 Å². The van der Waals surface area contributed by atoms with Crippen molar-refractivity contribution < 1.29 is 24.2 Å². The maximum atomic E-state index is 12.1. The van der Waals surface area contributed by atoms with Crippen LogP contribution in [0, 0.1) is 0 Å². The first kappa shape index (κ1) is 23.1. The number of amides is 1. The molecule has 3 aromatic carbocycles. The summed E-state index contributed by atoms with van der Waals surface area (Å²) in [7, 11) is 1.51. The van der Waals surface area contributed by atoms with Crippen molar-refractivity contribution in [1.82, 2.24) is 5.43 Å². The van der Waals surface area contributed by atoms with E-state index in [1.54, 1.807) is 36.4 Å². The van der Waals surface area contributed by atoms with E-state index in [1.807, 2.05) is 0 Å². The van der Waals surface area contributed by atoms with E-state index in [0.29, 0.717) is 32.7 Å². The largest absolute Gasteiger partial charge is 0.493 e. The molecule has 0 spiro atoms. The van der Waals surface area contributed by atoms with Crippen molar-refractivity contribution >= 4 is 41.3 Å². The third-order valence-electron chi connectivity index (χ3n) is 4.40. The lowest BCUT2D eigenvalue weighted by molar-refractivity contribution is 0.0696. The predicted octanol–water partition coefficient (Wildman–Crippen LogP) is 5.04. The zero-order chi connectivity index (χ0) is 23.1. The minimum Gasteiger partial charge on any atom is -0.493 e. The van der Waals surface area contributed by atoms with E-state index < -0.39 is 11.9 Å². The smallest absolute Gasteiger partial charge is 0.335 e. The summed E-state index contributed by atoms with van der Waals surface area (Å²) in [6.45, 7) is 0.166. The lowest BCUT2D eigenvalue weighted by Crippen LogP contribution is -2.17. The summed E-state index contributed by atoms with van der Waals surface area (Å²) in [5.74, 6) is -0.580. The first-order valence-electron chi connectivity index (χ1n) is 9.29. The van der Waals surface area contributed by atoms with Gasteiger partial charge < -0.3 is 14.6 Å². The molecule has 0 fully saturated rings. The molecule has 0 aromatic heterocycles. The van der Waals surface area contributed by atoms with E-state index >= 15 is 0 Å². The van der Waals surface area contributed by atoms with Gasteiger partial charge in [-0.15, -0.1) is 0 Å². The van der Waals surface area contributed by atoms with Crippen LogP contribution in [0.4, 0.5) is 0 Å². The molecule has 0 aliphatic rings. The lowest BCUT2D eigenvalue weighted by atomic mass is 10.1. The Kier molecular flexibility index (Phi) is 7.70. The van der Waals surface area contributed by atoms with Crippen LogP contribution in [-0.4, -0.2) is 30.3 Å². The first-order chi connectivity index (χ1) is 15.4. The molecular weight excluding hydrogens is 455 g/mol. The highest BCUT2D eigenvalue weighted by Gasteiger charge is 2.10. The number of hydrazone groups is 1. The Balaban J connectivity index is 1.64. The number of carboxylic acids is 1. The monoisotopic (exact) mass is 472 g/mol. The van der Waals surface area contributed by atoms with Crippen LogP contribution < -0.4 is 14.9 Å². The molecule has 0 aliphatic carbocycles. The summed E-state index contributed by atoms with van der Waals surface area (Å²) in [4.78, 5) is 23.0. The van der Waals surface area contributed by atoms with Crippen molar-refractivity contribution in [1.29, 1.82) is 0 Å². The standard InChI is InChI=1S/C23H18Cl2N2O5/c1-31-21-11-14(5-10-20(21)32-13-17-18(24)3-2-4-19(17)25)12-26-27-22(28)15-6-8-16(9-7-15)23(29)30/h2-12H,13H2,1H3,(H,27,28)(H,29,30)/b26-12+. The average Bonchev–Trinajstić information content (AvgIpc) is 2.79. The van der Waals surface area contributed by atoms with Gasteiger partial charge in [-0.05, 0) is 60.2 Å². The average molecular weight is 473 g/mol. The highest BCUT2D eigenvalue weighted by atomic mass is 35.5. The molecule has 0 bridgehead atoms.